The SMILES string of the molecule is Cc1ccc(OCCN(C)C)cc1C(=O)N[C@H](C)c1cc(-c2cnn(C)c2)cc(-c2ccn(C)n2)c1. The molecule has 0 fully saturated rings. The molecule has 0 radical (unpaired) electrons. The van der Waals surface area contributed by atoms with E-state index in [-0.39, 0.29) is 11.9 Å². The fourth-order valence-electron chi connectivity index (χ4n) is 3.99. The van der Waals surface area contributed by atoms with Gasteiger partial charge in [0.25, 0.3) is 5.91 Å². The Morgan fingerprint density at radius 1 is 1.06 bits per heavy atom. The number of nitrogens with zero attached hydrogens (tertiary/aromatic N) is 5. The largest absolute Gasteiger partial charge is 0.492 e. The molecule has 8 heteroatoms. The van der Waals surface area contributed by atoms with Crippen LogP contribution in [0, 0.1) is 6.92 Å². The molecule has 0 saturated carbocycles. The molecule has 4 aromatic rings. The van der Waals surface area contributed by atoms with Crippen LogP contribution in [0.3, 0.4) is 0 Å². The number of carbonyl (C=O) groups excluding carboxylic acids is 1. The molecule has 1 amide bonds. The summed E-state index contributed by atoms with van der Waals surface area (Å²) in [6.45, 7) is 5.30. The number of aryl methyl sites for hydroxylation is 3. The highest BCUT2D eigenvalue weighted by molar-refractivity contribution is 5.96. The van der Waals surface area contributed by atoms with Crippen molar-refractivity contribution >= 4 is 5.91 Å². The van der Waals surface area contributed by atoms with Gasteiger partial charge in [-0.3, -0.25) is 14.2 Å². The van der Waals surface area contributed by atoms with Crippen LogP contribution in [-0.2, 0) is 14.1 Å². The number of carbonyl (C=O) groups is 1. The molecule has 2 heterocycles. The van der Waals surface area contributed by atoms with E-state index in [2.05, 4.69) is 38.6 Å². The molecule has 1 atom stereocenters. The Morgan fingerprint density at radius 2 is 1.83 bits per heavy atom. The molecule has 0 aliphatic rings. The first-order valence-corrected chi connectivity index (χ1v) is 12.0. The van der Waals surface area contributed by atoms with E-state index in [0.29, 0.717) is 17.9 Å². The minimum Gasteiger partial charge on any atom is -0.492 e. The van der Waals surface area contributed by atoms with Gasteiger partial charge in [0.05, 0.1) is 17.9 Å². The van der Waals surface area contributed by atoms with Crippen LogP contribution in [0.5, 0.6) is 5.75 Å². The highest BCUT2D eigenvalue weighted by Gasteiger charge is 2.17. The van der Waals surface area contributed by atoms with Gasteiger partial charge in [0, 0.05) is 49.7 Å². The molecule has 0 saturated heterocycles. The van der Waals surface area contributed by atoms with Crippen LogP contribution in [0.2, 0.25) is 0 Å². The number of aromatic nitrogens is 4. The molecule has 0 bridgehead atoms. The van der Waals surface area contributed by atoms with Crippen LogP contribution in [0.15, 0.2) is 61.1 Å². The molecule has 4 rings (SSSR count). The molecule has 188 valence electrons. The lowest BCUT2D eigenvalue weighted by atomic mass is 9.96. The number of benzene rings is 2. The van der Waals surface area contributed by atoms with Gasteiger partial charge in [0.2, 0.25) is 0 Å². The maximum Gasteiger partial charge on any atom is 0.252 e. The summed E-state index contributed by atoms with van der Waals surface area (Å²) in [7, 11) is 7.80. The number of ether oxygens (including phenoxy) is 1. The number of hydrogen-bond acceptors (Lipinski definition) is 5. The fourth-order valence-corrected chi connectivity index (χ4v) is 3.99. The Labute approximate surface area is 212 Å². The summed E-state index contributed by atoms with van der Waals surface area (Å²) in [5.41, 5.74) is 6.39. The topological polar surface area (TPSA) is 77.2 Å². The molecule has 2 aromatic carbocycles. The molecule has 1 N–H and O–H groups in total. The quantitative estimate of drug-likeness (QED) is 0.383. The number of nitrogens with one attached hydrogen (secondary N) is 1. The third-order valence-electron chi connectivity index (χ3n) is 6.11. The van der Waals surface area contributed by atoms with Crippen LogP contribution in [0.25, 0.3) is 22.4 Å². The van der Waals surface area contributed by atoms with E-state index in [1.165, 1.54) is 0 Å². The van der Waals surface area contributed by atoms with E-state index < -0.39 is 0 Å². The average molecular weight is 487 g/mol. The normalized spacial score (nSPS) is 12.1. The minimum atomic E-state index is -0.228. The van der Waals surface area contributed by atoms with Crippen molar-refractivity contribution in [3.8, 4) is 28.1 Å². The summed E-state index contributed by atoms with van der Waals surface area (Å²) >= 11 is 0. The molecular weight excluding hydrogens is 452 g/mol. The second-order valence-electron chi connectivity index (χ2n) is 9.44. The second kappa shape index (κ2) is 10.8. The Morgan fingerprint density at radius 3 is 2.50 bits per heavy atom. The highest BCUT2D eigenvalue weighted by atomic mass is 16.5. The van der Waals surface area contributed by atoms with E-state index in [4.69, 9.17) is 4.74 Å². The van der Waals surface area contributed by atoms with Gasteiger partial charge in [-0.15, -0.1) is 0 Å². The molecular formula is C28H34N6O2. The zero-order valence-electron chi connectivity index (χ0n) is 21.8. The Hall–Kier alpha value is -3.91. The molecule has 8 nitrogen and oxygen atoms in total. The zero-order valence-corrected chi connectivity index (χ0v) is 21.8. The van der Waals surface area contributed by atoms with Gasteiger partial charge in [0.15, 0.2) is 0 Å². The summed E-state index contributed by atoms with van der Waals surface area (Å²) in [4.78, 5) is 15.4. The Bertz CT molecular complexity index is 1300. The van der Waals surface area contributed by atoms with Crippen molar-refractivity contribution in [2.45, 2.75) is 19.9 Å². The second-order valence-corrected chi connectivity index (χ2v) is 9.44. The van der Waals surface area contributed by atoms with Gasteiger partial charge in [-0.2, -0.15) is 10.2 Å². The third kappa shape index (κ3) is 6.01. The zero-order chi connectivity index (χ0) is 25.8. The van der Waals surface area contributed by atoms with Crippen molar-refractivity contribution < 1.29 is 9.53 Å². The minimum absolute atomic E-state index is 0.135. The first kappa shape index (κ1) is 25.2. The van der Waals surface area contributed by atoms with Gasteiger partial charge >= 0.3 is 0 Å². The van der Waals surface area contributed by atoms with Crippen molar-refractivity contribution in [2.75, 3.05) is 27.2 Å². The van der Waals surface area contributed by atoms with Crippen LogP contribution >= 0.6 is 0 Å². The molecule has 0 spiro atoms. The standard InChI is InChI=1S/C28H34N6O2/c1-19-7-8-25(36-12-11-32(3)4)16-26(19)28(35)30-20(2)21-13-22(24-17-29-34(6)18-24)15-23(14-21)27-9-10-33(5)31-27/h7-10,13-18,20H,11-12H2,1-6H3,(H,30,35)/t20-/m1/s1. The van der Waals surface area contributed by atoms with E-state index in [9.17, 15) is 4.79 Å². The van der Waals surface area contributed by atoms with Gasteiger partial charge in [-0.1, -0.05) is 6.07 Å². The number of amides is 1. The van der Waals surface area contributed by atoms with E-state index >= 15 is 0 Å². The van der Waals surface area contributed by atoms with Crippen molar-refractivity contribution in [3.63, 3.8) is 0 Å². The third-order valence-corrected chi connectivity index (χ3v) is 6.11. The lowest BCUT2D eigenvalue weighted by molar-refractivity contribution is 0.0938. The van der Waals surface area contributed by atoms with Crippen LogP contribution in [0.4, 0.5) is 0 Å². The summed E-state index contributed by atoms with van der Waals surface area (Å²) in [5.74, 6) is 0.556. The highest BCUT2D eigenvalue weighted by Crippen LogP contribution is 2.30. The molecule has 2 aromatic heterocycles. The fraction of sp³-hybridized carbons (Fsp3) is 0.321. The smallest absolute Gasteiger partial charge is 0.252 e. The lowest BCUT2D eigenvalue weighted by Gasteiger charge is -2.18. The summed E-state index contributed by atoms with van der Waals surface area (Å²) < 4.78 is 9.41. The van der Waals surface area contributed by atoms with Gasteiger partial charge in [0.1, 0.15) is 12.4 Å². The Kier molecular flexibility index (Phi) is 7.55. The summed E-state index contributed by atoms with van der Waals surface area (Å²) in [6, 6.07) is 13.7. The van der Waals surface area contributed by atoms with Gasteiger partial charge in [-0.25, -0.2) is 0 Å². The van der Waals surface area contributed by atoms with E-state index in [0.717, 1.165) is 40.1 Å². The van der Waals surface area contributed by atoms with Crippen molar-refractivity contribution in [1.82, 2.24) is 29.8 Å². The first-order chi connectivity index (χ1) is 17.2. The molecule has 0 aliphatic carbocycles. The molecule has 0 aliphatic heterocycles. The predicted octanol–water partition coefficient (Wildman–Crippen LogP) is 4.23. The van der Waals surface area contributed by atoms with Gasteiger partial charge in [-0.05, 0) is 81.0 Å². The number of rotatable bonds is 9. The van der Waals surface area contributed by atoms with Crippen molar-refractivity contribution in [1.29, 1.82) is 0 Å². The first-order valence-electron chi connectivity index (χ1n) is 12.0. The molecule has 36 heavy (non-hydrogen) atoms. The van der Waals surface area contributed by atoms with Crippen LogP contribution < -0.4 is 10.1 Å². The predicted molar refractivity (Wildman–Crippen MR) is 142 cm³/mol. The van der Waals surface area contributed by atoms with Crippen LogP contribution in [-0.4, -0.2) is 57.6 Å². The van der Waals surface area contributed by atoms with Crippen LogP contribution in [0.1, 0.15) is 34.5 Å². The number of likely N-dealkylation sites (N-methyl/N-ethyl adjacent to an activating group) is 1. The molecule has 0 unspecified atom stereocenters. The van der Waals surface area contributed by atoms with Crippen molar-refractivity contribution in [3.05, 3.63) is 77.7 Å². The Balaban J connectivity index is 1.60. The van der Waals surface area contributed by atoms with Gasteiger partial charge < -0.3 is 15.0 Å². The van der Waals surface area contributed by atoms with Crippen molar-refractivity contribution in [2.24, 2.45) is 14.1 Å². The monoisotopic (exact) mass is 486 g/mol. The summed E-state index contributed by atoms with van der Waals surface area (Å²) in [5, 5.41) is 12.1. The van der Waals surface area contributed by atoms with E-state index in [1.807, 2.05) is 84.9 Å². The lowest BCUT2D eigenvalue weighted by Crippen LogP contribution is -2.27. The summed E-state index contributed by atoms with van der Waals surface area (Å²) in [6.07, 6.45) is 5.75. The van der Waals surface area contributed by atoms with E-state index in [1.54, 1.807) is 9.36 Å². The maximum atomic E-state index is 13.3. The average Bonchev–Trinajstić information content (AvgIpc) is 3.47. The maximum absolute atomic E-state index is 13.3. The number of hydrogen-bond donors (Lipinski definition) is 1.